The predicted molar refractivity (Wildman–Crippen MR) is 139 cm³/mol. The molecule has 1 aliphatic heterocycles. The molecule has 4 rings (SSSR count). The zero-order chi connectivity index (χ0) is 24.1. The molecule has 0 aliphatic carbocycles. The van der Waals surface area contributed by atoms with Crippen LogP contribution in [0.2, 0.25) is 5.02 Å². The minimum Gasteiger partial charge on any atom is -0.482 e. The largest absolute Gasteiger partial charge is 0.482 e. The Kier molecular flexibility index (Phi) is 7.35. The lowest BCUT2D eigenvalue weighted by atomic mass is 10.2. The second-order valence-electron chi connectivity index (χ2n) is 7.71. The summed E-state index contributed by atoms with van der Waals surface area (Å²) in [5, 5.41) is 6.42. The van der Waals surface area contributed by atoms with Gasteiger partial charge in [-0.25, -0.2) is 4.99 Å². The molecule has 8 heteroatoms. The van der Waals surface area contributed by atoms with Crippen molar-refractivity contribution in [3.8, 4) is 5.75 Å². The Morgan fingerprint density at radius 2 is 1.88 bits per heavy atom. The van der Waals surface area contributed by atoms with Crippen LogP contribution in [0.25, 0.3) is 6.08 Å². The van der Waals surface area contributed by atoms with Gasteiger partial charge in [0.2, 0.25) is 0 Å². The number of carbonyl (C=O) groups is 2. The first kappa shape index (κ1) is 23.6. The van der Waals surface area contributed by atoms with Gasteiger partial charge in [0.25, 0.3) is 11.8 Å². The highest BCUT2D eigenvalue weighted by molar-refractivity contribution is 8.18. The Bertz CT molecular complexity index is 1300. The zero-order valence-corrected chi connectivity index (χ0v) is 20.2. The van der Waals surface area contributed by atoms with Crippen molar-refractivity contribution in [2.24, 2.45) is 4.99 Å². The Morgan fingerprint density at radius 3 is 2.62 bits per heavy atom. The van der Waals surface area contributed by atoms with Crippen molar-refractivity contribution in [2.45, 2.75) is 13.8 Å². The van der Waals surface area contributed by atoms with E-state index in [0.29, 0.717) is 26.5 Å². The number of ether oxygens (including phenoxy) is 1. The van der Waals surface area contributed by atoms with E-state index in [1.165, 1.54) is 11.8 Å². The molecule has 0 aromatic heterocycles. The first-order valence-corrected chi connectivity index (χ1v) is 11.7. The number of hydrogen-bond acceptors (Lipinski definition) is 5. The maximum Gasteiger partial charge on any atom is 0.264 e. The van der Waals surface area contributed by atoms with Crippen molar-refractivity contribution < 1.29 is 14.3 Å². The van der Waals surface area contributed by atoms with Crippen molar-refractivity contribution in [1.82, 2.24) is 5.32 Å². The van der Waals surface area contributed by atoms with Crippen LogP contribution in [0.5, 0.6) is 5.75 Å². The van der Waals surface area contributed by atoms with Crippen molar-refractivity contribution in [1.29, 1.82) is 0 Å². The Labute approximate surface area is 207 Å². The molecular weight excluding hydrogens is 470 g/mol. The molecule has 0 atom stereocenters. The number of thioether (sulfide) groups is 1. The molecule has 1 heterocycles. The maximum absolute atomic E-state index is 12.4. The summed E-state index contributed by atoms with van der Waals surface area (Å²) < 4.78 is 5.57. The molecule has 2 amide bonds. The van der Waals surface area contributed by atoms with Crippen LogP contribution in [0, 0.1) is 13.8 Å². The van der Waals surface area contributed by atoms with Gasteiger partial charge in [-0.3, -0.25) is 9.59 Å². The van der Waals surface area contributed by atoms with E-state index >= 15 is 0 Å². The quantitative estimate of drug-likeness (QED) is 0.423. The fourth-order valence-electron chi connectivity index (χ4n) is 3.16. The topological polar surface area (TPSA) is 79.8 Å². The fourth-order valence-corrected chi connectivity index (χ4v) is 4.24. The number of aliphatic imine (C=N–C) groups is 1. The molecule has 3 aromatic carbocycles. The number of amides is 2. The number of benzene rings is 3. The Hall–Kier alpha value is -3.55. The van der Waals surface area contributed by atoms with Crippen LogP contribution in [-0.2, 0) is 9.59 Å². The van der Waals surface area contributed by atoms with Crippen molar-refractivity contribution in [3.05, 3.63) is 93.3 Å². The highest BCUT2D eigenvalue weighted by atomic mass is 35.5. The van der Waals surface area contributed by atoms with Gasteiger partial charge in [0.05, 0.1) is 15.6 Å². The number of rotatable bonds is 6. The van der Waals surface area contributed by atoms with Gasteiger partial charge in [-0.05, 0) is 79.2 Å². The number of carbonyl (C=O) groups excluding carboxylic acids is 2. The molecule has 0 unspecified atom stereocenters. The number of nitrogens with zero attached hydrogens (tertiary/aromatic N) is 1. The Morgan fingerprint density at radius 1 is 1.09 bits per heavy atom. The van der Waals surface area contributed by atoms with E-state index in [9.17, 15) is 9.59 Å². The summed E-state index contributed by atoms with van der Waals surface area (Å²) in [7, 11) is 0. The Balaban J connectivity index is 1.38. The van der Waals surface area contributed by atoms with Crippen LogP contribution in [-0.4, -0.2) is 23.6 Å². The standard InChI is InChI=1S/C26H22ClN3O3S/c1-16-6-9-19(10-7-16)29-26-30-25(32)23(34-26)14-18-8-11-22(21(27)13-18)33-15-24(31)28-20-5-3-4-17(2)12-20/h3-14H,15H2,1-2H3,(H,28,31)(H,29,30,32)/b23-14-. The first-order chi connectivity index (χ1) is 16.4. The van der Waals surface area contributed by atoms with Gasteiger partial charge in [-0.1, -0.05) is 47.5 Å². The third-order valence-corrected chi connectivity index (χ3v) is 6.04. The van der Waals surface area contributed by atoms with E-state index in [4.69, 9.17) is 16.3 Å². The molecule has 172 valence electrons. The van der Waals surface area contributed by atoms with Crippen LogP contribution >= 0.6 is 23.4 Å². The second-order valence-corrected chi connectivity index (χ2v) is 9.15. The van der Waals surface area contributed by atoms with Gasteiger partial charge in [0.15, 0.2) is 11.8 Å². The first-order valence-electron chi connectivity index (χ1n) is 10.5. The van der Waals surface area contributed by atoms with E-state index in [1.54, 1.807) is 24.3 Å². The van der Waals surface area contributed by atoms with E-state index in [-0.39, 0.29) is 18.4 Å². The van der Waals surface area contributed by atoms with Crippen LogP contribution in [0.1, 0.15) is 16.7 Å². The number of hydrogen-bond donors (Lipinski definition) is 2. The summed E-state index contributed by atoms with van der Waals surface area (Å²) in [5.74, 6) is -0.124. The van der Waals surface area contributed by atoms with Crippen LogP contribution in [0.15, 0.2) is 76.6 Å². The minimum atomic E-state index is -0.285. The summed E-state index contributed by atoms with van der Waals surface area (Å²) in [6.45, 7) is 3.78. The molecule has 2 N–H and O–H groups in total. The molecular formula is C26H22ClN3O3S. The average Bonchev–Trinajstić information content (AvgIpc) is 3.13. The van der Waals surface area contributed by atoms with Gasteiger partial charge in [0.1, 0.15) is 5.75 Å². The number of amidine groups is 1. The van der Waals surface area contributed by atoms with E-state index < -0.39 is 0 Å². The predicted octanol–water partition coefficient (Wildman–Crippen LogP) is 5.87. The van der Waals surface area contributed by atoms with E-state index in [0.717, 1.165) is 22.4 Å². The zero-order valence-electron chi connectivity index (χ0n) is 18.6. The van der Waals surface area contributed by atoms with Crippen molar-refractivity contribution in [2.75, 3.05) is 11.9 Å². The normalized spacial score (nSPS) is 15.4. The second kappa shape index (κ2) is 10.6. The lowest BCUT2D eigenvalue weighted by molar-refractivity contribution is -0.118. The van der Waals surface area contributed by atoms with Crippen molar-refractivity contribution >= 4 is 57.8 Å². The monoisotopic (exact) mass is 491 g/mol. The summed E-state index contributed by atoms with van der Waals surface area (Å²) in [5.41, 5.74) is 4.40. The molecule has 0 bridgehead atoms. The molecule has 1 fully saturated rings. The molecule has 1 aliphatic rings. The summed E-state index contributed by atoms with van der Waals surface area (Å²) in [6, 6.07) is 20.4. The lowest BCUT2D eigenvalue weighted by Crippen LogP contribution is -2.20. The highest BCUT2D eigenvalue weighted by Gasteiger charge is 2.24. The summed E-state index contributed by atoms with van der Waals surface area (Å²) >= 11 is 7.61. The fraction of sp³-hybridized carbons (Fsp3) is 0.115. The summed E-state index contributed by atoms with van der Waals surface area (Å²) in [6.07, 6.45) is 1.73. The van der Waals surface area contributed by atoms with Gasteiger partial charge in [0, 0.05) is 5.69 Å². The lowest BCUT2D eigenvalue weighted by Gasteiger charge is -2.10. The average molecular weight is 492 g/mol. The molecule has 0 spiro atoms. The molecule has 34 heavy (non-hydrogen) atoms. The van der Waals surface area contributed by atoms with Crippen molar-refractivity contribution in [3.63, 3.8) is 0 Å². The number of halogens is 1. The third kappa shape index (κ3) is 6.27. The molecule has 6 nitrogen and oxygen atoms in total. The van der Waals surface area contributed by atoms with Crippen LogP contribution < -0.4 is 15.4 Å². The number of aryl methyl sites for hydroxylation is 2. The van der Waals surface area contributed by atoms with Gasteiger partial charge >= 0.3 is 0 Å². The summed E-state index contributed by atoms with van der Waals surface area (Å²) in [4.78, 5) is 29.5. The van der Waals surface area contributed by atoms with E-state index in [2.05, 4.69) is 15.6 Å². The third-order valence-electron chi connectivity index (χ3n) is 4.83. The minimum absolute atomic E-state index is 0.175. The SMILES string of the molecule is Cc1ccc(N=C2NC(=O)/C(=C/c3ccc(OCC(=O)Nc4cccc(C)c4)c(Cl)c3)S2)cc1. The number of nitrogens with one attached hydrogen (secondary N) is 2. The van der Waals surface area contributed by atoms with Gasteiger partial charge in [-0.15, -0.1) is 0 Å². The van der Waals surface area contributed by atoms with Gasteiger partial charge in [-0.2, -0.15) is 0 Å². The molecule has 0 radical (unpaired) electrons. The molecule has 3 aromatic rings. The number of anilines is 1. The van der Waals surface area contributed by atoms with Gasteiger partial charge < -0.3 is 15.4 Å². The van der Waals surface area contributed by atoms with Crippen LogP contribution in [0.4, 0.5) is 11.4 Å². The molecule has 1 saturated heterocycles. The van der Waals surface area contributed by atoms with E-state index in [1.807, 2.05) is 62.4 Å². The smallest absolute Gasteiger partial charge is 0.264 e. The van der Waals surface area contributed by atoms with Crippen LogP contribution in [0.3, 0.4) is 0 Å². The highest BCUT2D eigenvalue weighted by Crippen LogP contribution is 2.31. The maximum atomic E-state index is 12.4. The molecule has 0 saturated carbocycles.